The minimum atomic E-state index is -0.873. The maximum Gasteiger partial charge on any atom is 0.232 e. The van der Waals surface area contributed by atoms with Crippen LogP contribution < -0.4 is 10.2 Å². The van der Waals surface area contributed by atoms with Crippen LogP contribution in [0.15, 0.2) is 410 Å². The van der Waals surface area contributed by atoms with Crippen molar-refractivity contribution in [2.45, 2.75) is 168 Å². The van der Waals surface area contributed by atoms with E-state index >= 15 is 0 Å². The van der Waals surface area contributed by atoms with Crippen LogP contribution in [0.1, 0.15) is 162 Å². The summed E-state index contributed by atoms with van der Waals surface area (Å²) in [6, 6.07) is 0. The van der Waals surface area contributed by atoms with Crippen molar-refractivity contribution in [3.8, 4) is 0 Å². The van der Waals surface area contributed by atoms with Crippen molar-refractivity contribution in [1.29, 1.82) is 0 Å². The maximum absolute atomic E-state index is 11.2. The summed E-state index contributed by atoms with van der Waals surface area (Å²) >= 11 is 0. The molecule has 0 saturated heterocycles. The van der Waals surface area contributed by atoms with Crippen LogP contribution in [-0.2, 0) is 9.59 Å². The SMILES string of the molecule is C=C/C=C(C)/C=C/C.C=C/C=C/C(C)=C/C=C/C.C=C/C=C/C=C/C.C=C/C=C/C=C/C=C/C.C=C/C=C1C=C(/C=C/C)CC(C)C/1.C=C/C=C1\CCC(/C=C/C)=C1C.C=CC1=C(C)/C(=C/C)CC1.C=CC1=C(O)/C(=C/C)C1[O-].C=CC1=C([O-])/C(=C/C)C(=O)C1=O.C=CC1=C/C(=C/C)CC(C)C1. The second-order valence-electron chi connectivity index (χ2n) is 23.6. The molecular weight excluding hydrogens is 1250 g/mol. The highest BCUT2D eigenvalue weighted by molar-refractivity contribution is 6.53. The van der Waals surface area contributed by atoms with Gasteiger partial charge in [0, 0.05) is 11.1 Å². The molecule has 0 fully saturated rings. The van der Waals surface area contributed by atoms with E-state index in [1.165, 1.54) is 130 Å². The Balaban J connectivity index is -0.000000526. The van der Waals surface area contributed by atoms with Crippen molar-refractivity contribution in [3.05, 3.63) is 410 Å². The van der Waals surface area contributed by atoms with Crippen molar-refractivity contribution in [2.24, 2.45) is 11.8 Å². The number of allylic oxidation sites excluding steroid dienone is 53. The highest BCUT2D eigenvalue weighted by Gasteiger charge is 2.29. The van der Waals surface area contributed by atoms with Crippen molar-refractivity contribution in [2.75, 3.05) is 0 Å². The van der Waals surface area contributed by atoms with Crippen LogP contribution in [0.3, 0.4) is 0 Å². The summed E-state index contributed by atoms with van der Waals surface area (Å²) in [5.41, 5.74) is 17.6. The van der Waals surface area contributed by atoms with E-state index in [0.717, 1.165) is 17.9 Å². The van der Waals surface area contributed by atoms with Gasteiger partial charge in [-0.05, 0) is 221 Å². The molecule has 6 aliphatic rings. The highest BCUT2D eigenvalue weighted by atomic mass is 16.3. The fourth-order valence-corrected chi connectivity index (χ4v) is 10.2. The molecule has 1 N–H and O–H groups in total. The van der Waals surface area contributed by atoms with Crippen LogP contribution in [0, 0.1) is 11.8 Å². The molecule has 0 aromatic carbocycles. The molecule has 0 heterocycles. The number of ketones is 2. The zero-order valence-electron chi connectivity index (χ0n) is 65.6. The van der Waals surface area contributed by atoms with Crippen molar-refractivity contribution in [3.63, 3.8) is 0 Å². The lowest BCUT2D eigenvalue weighted by atomic mass is 9.86. The predicted octanol–water partition coefficient (Wildman–Crippen LogP) is 26.2. The van der Waals surface area contributed by atoms with Crippen LogP contribution in [0.4, 0.5) is 0 Å². The third-order valence-corrected chi connectivity index (χ3v) is 15.5. The molecule has 0 aromatic rings. The zero-order chi connectivity index (χ0) is 78.2. The molecule has 3 atom stereocenters. The van der Waals surface area contributed by atoms with E-state index in [1.807, 2.05) is 162 Å². The number of rotatable bonds is 18. The van der Waals surface area contributed by atoms with Gasteiger partial charge in [0.2, 0.25) is 11.6 Å². The Labute approximate surface area is 622 Å². The van der Waals surface area contributed by atoms with Crippen LogP contribution in [0.2, 0.25) is 0 Å². The van der Waals surface area contributed by atoms with Gasteiger partial charge < -0.3 is 15.3 Å². The number of aliphatic hydroxyl groups is 1. The molecule has 102 heavy (non-hydrogen) atoms. The van der Waals surface area contributed by atoms with Crippen molar-refractivity contribution < 1.29 is 24.9 Å². The Hall–Kier alpha value is -9.94. The minimum Gasteiger partial charge on any atom is -0.871 e. The summed E-state index contributed by atoms with van der Waals surface area (Å²) in [5.74, 6) is -0.317. The van der Waals surface area contributed by atoms with Gasteiger partial charge in [0.05, 0.1) is 0 Å². The summed E-state index contributed by atoms with van der Waals surface area (Å²) in [4.78, 5) is 22.0. The number of carbonyl (C=O) groups is 2. The molecule has 0 aliphatic heterocycles. The zero-order valence-corrected chi connectivity index (χ0v) is 65.6. The van der Waals surface area contributed by atoms with E-state index in [-0.39, 0.29) is 16.9 Å². The molecule has 548 valence electrons. The lowest BCUT2D eigenvalue weighted by Gasteiger charge is -2.36. The first-order valence-electron chi connectivity index (χ1n) is 35.3. The molecule has 0 spiro atoms. The van der Waals surface area contributed by atoms with Crippen LogP contribution >= 0.6 is 0 Å². The fourth-order valence-electron chi connectivity index (χ4n) is 10.2. The summed E-state index contributed by atoms with van der Waals surface area (Å²) in [6.45, 7) is 68.6. The van der Waals surface area contributed by atoms with Gasteiger partial charge in [-0.25, -0.2) is 0 Å². The van der Waals surface area contributed by atoms with Gasteiger partial charge in [-0.1, -0.05) is 351 Å². The lowest BCUT2D eigenvalue weighted by Crippen LogP contribution is -2.38. The van der Waals surface area contributed by atoms with E-state index in [4.69, 9.17) is 5.11 Å². The van der Waals surface area contributed by atoms with Gasteiger partial charge in [0.15, 0.2) is 0 Å². The van der Waals surface area contributed by atoms with Gasteiger partial charge in [0.25, 0.3) is 0 Å². The predicted molar refractivity (Wildman–Crippen MR) is 453 cm³/mol. The summed E-state index contributed by atoms with van der Waals surface area (Å²) in [5, 5.41) is 31.2. The van der Waals surface area contributed by atoms with Crippen LogP contribution in [0.5, 0.6) is 0 Å². The van der Waals surface area contributed by atoms with Gasteiger partial charge in [-0.2, -0.15) is 0 Å². The van der Waals surface area contributed by atoms with Gasteiger partial charge in [0.1, 0.15) is 5.76 Å². The number of Topliss-reactive ketones (excluding diaryl/α,β-unsaturated/α-hetero) is 2. The molecule has 6 aliphatic carbocycles. The van der Waals surface area contributed by atoms with E-state index in [2.05, 4.69) is 195 Å². The van der Waals surface area contributed by atoms with Gasteiger partial charge in [-0.3, -0.25) is 9.59 Å². The highest BCUT2D eigenvalue weighted by Crippen LogP contribution is 2.34. The Kier molecular flexibility index (Phi) is 62.2. The Morgan fingerprint density at radius 3 is 1.39 bits per heavy atom. The van der Waals surface area contributed by atoms with E-state index in [9.17, 15) is 19.8 Å². The number of aliphatic hydroxyl groups excluding tert-OH is 1. The summed E-state index contributed by atoms with van der Waals surface area (Å²) in [6.07, 6.45) is 86.3. The molecular formula is C97H128O5-2. The summed E-state index contributed by atoms with van der Waals surface area (Å²) < 4.78 is 0. The van der Waals surface area contributed by atoms with E-state index in [0.29, 0.717) is 11.1 Å². The topological polar surface area (TPSA) is 100 Å². The maximum atomic E-state index is 11.2. The Morgan fingerprint density at radius 2 is 0.971 bits per heavy atom. The monoisotopic (exact) mass is 1370 g/mol. The second-order valence-corrected chi connectivity index (χ2v) is 23.6. The largest absolute Gasteiger partial charge is 0.871 e. The van der Waals surface area contributed by atoms with Crippen molar-refractivity contribution >= 4 is 11.6 Å². The quantitative estimate of drug-likeness (QED) is 0.0837. The summed E-state index contributed by atoms with van der Waals surface area (Å²) in [7, 11) is 0. The molecule has 5 heteroatoms. The first-order chi connectivity index (χ1) is 48.9. The number of hydrogen-bond donors (Lipinski definition) is 1. The van der Waals surface area contributed by atoms with Crippen LogP contribution in [0.25, 0.3) is 0 Å². The first-order valence-corrected chi connectivity index (χ1v) is 35.3. The van der Waals surface area contributed by atoms with E-state index < -0.39 is 23.4 Å². The average molecular weight is 1370 g/mol. The van der Waals surface area contributed by atoms with Crippen LogP contribution in [-0.4, -0.2) is 22.8 Å². The minimum absolute atomic E-state index is 0.0464. The van der Waals surface area contributed by atoms with Gasteiger partial charge >= 0.3 is 0 Å². The Bertz CT molecular complexity index is 3520. The van der Waals surface area contributed by atoms with E-state index in [1.54, 1.807) is 44.2 Å². The average Bonchev–Trinajstić information content (AvgIpc) is 1.07. The third kappa shape index (κ3) is 43.6. The number of hydrogen-bond acceptors (Lipinski definition) is 5. The molecule has 3 unspecified atom stereocenters. The fraction of sp³-hybridized carbons (Fsp3) is 0.278. The van der Waals surface area contributed by atoms with Crippen molar-refractivity contribution in [1.82, 2.24) is 0 Å². The second kappa shape index (κ2) is 64.4. The molecule has 0 aromatic heterocycles. The molecule has 6 rings (SSSR count). The molecule has 5 nitrogen and oxygen atoms in total. The molecule has 0 radical (unpaired) electrons. The standard InChI is InChI=1S/C13H18.C12H16.C11H16.2C10H14.C9H8O3.C9H12.C8H9O2.C8H12.C7H10/c1-4-6-12-8-11(3)9-13(10-12)7-5-2;1-4-6-11-8-9-12(7-5-2)10(11)3;1-4-10-6-9(3)7-11(5-2)8-10;1-4-9-6-7-10(5-2)8(9)3;1-4-6-8-10(3)9-7-5-2;1-3-5-7(10)6(4-2)9(12)8(5)11;1-3-5-7-9-8-6-4-2;1-3-5-7(9)6(4-2)8(5)10;1-4-6-8(3)7-5-2;1-3-5-7-6-4-2/h4-7,10-11H,1,8-9H2,2-3H3;4-7H,1,8-9H2,2-3H3;4-5,8-9H,1,6-7H2,2-3H3;4-5H,1,6-7H2,2-3H3;4-9H,1H2,2-3H3;3-4,10H,1H2,2H3;3-9H,1H2,2H3;3-4,7,10H,1H2,2H3;4-7H,1H2,2-3H3;3-7H,1H2,2H3/q;;;;;;;-1;;/p-1/b7-5+,12-6+;7-5+,11-6+;11-5+;10-5+;7-5+,8-6+,10-9+;6-4-;6-4+,7-5+,9-8+;6-4+;7-5+,8-6+;6-4+,7-5+. The molecule has 0 amide bonds. The number of carbonyl (C=O) groups excluding carboxylic acids is 2. The molecule has 0 saturated carbocycles. The third-order valence-electron chi connectivity index (χ3n) is 15.5. The first kappa shape index (κ1) is 98.4. The smallest absolute Gasteiger partial charge is 0.232 e. The normalized spacial score (nSPS) is 20.5. The Morgan fingerprint density at radius 1 is 0.461 bits per heavy atom. The van der Waals surface area contributed by atoms with Gasteiger partial charge in [-0.15, -0.1) is 0 Å². The molecule has 0 bridgehead atoms. The lowest BCUT2D eigenvalue weighted by molar-refractivity contribution is -0.398.